The van der Waals surface area contributed by atoms with Crippen LogP contribution in [0.2, 0.25) is 0 Å². The van der Waals surface area contributed by atoms with Gasteiger partial charge in [-0.2, -0.15) is 9.40 Å². The highest BCUT2D eigenvalue weighted by molar-refractivity contribution is 7.89. The van der Waals surface area contributed by atoms with Crippen molar-refractivity contribution in [3.8, 4) is 0 Å². The topological polar surface area (TPSA) is 97.3 Å². The van der Waals surface area contributed by atoms with Gasteiger partial charge < -0.3 is 10.6 Å². The van der Waals surface area contributed by atoms with Gasteiger partial charge in [-0.3, -0.25) is 4.68 Å². The largest absolute Gasteiger partial charge is 0.383 e. The fourth-order valence-corrected chi connectivity index (χ4v) is 4.40. The second-order valence-electron chi connectivity index (χ2n) is 6.31. The molecule has 3 heterocycles. The number of nitrogen functional groups attached to an aromatic ring is 1. The van der Waals surface area contributed by atoms with Gasteiger partial charge in [-0.25, -0.2) is 13.4 Å². The summed E-state index contributed by atoms with van der Waals surface area (Å²) in [5.74, 6) is 0.0354. The second-order valence-corrected chi connectivity index (χ2v) is 8.22. The summed E-state index contributed by atoms with van der Waals surface area (Å²) in [4.78, 5) is 6.09. The Hall–Kier alpha value is -1.97. The Morgan fingerprint density at radius 2 is 2.04 bits per heavy atom. The summed E-state index contributed by atoms with van der Waals surface area (Å²) < 4.78 is 29.3. The molecule has 9 heteroatoms. The third-order valence-electron chi connectivity index (χ3n) is 4.05. The number of pyridine rings is 1. The van der Waals surface area contributed by atoms with Gasteiger partial charge in [0.25, 0.3) is 0 Å². The van der Waals surface area contributed by atoms with E-state index in [9.17, 15) is 8.42 Å². The predicted molar refractivity (Wildman–Crippen MR) is 90.6 cm³/mol. The van der Waals surface area contributed by atoms with E-state index in [4.69, 9.17) is 5.73 Å². The summed E-state index contributed by atoms with van der Waals surface area (Å²) in [6.07, 6.45) is 3.38. The van der Waals surface area contributed by atoms with Crippen molar-refractivity contribution in [2.45, 2.75) is 31.5 Å². The molecule has 0 spiro atoms. The lowest BCUT2D eigenvalue weighted by molar-refractivity contribution is 0.321. The van der Waals surface area contributed by atoms with Crippen molar-refractivity contribution < 1.29 is 8.42 Å². The molecule has 2 N–H and O–H groups in total. The molecule has 0 saturated heterocycles. The Labute approximate surface area is 141 Å². The number of nitrogens with zero attached hydrogens (tertiary/aromatic N) is 5. The molecule has 0 aliphatic carbocycles. The van der Waals surface area contributed by atoms with Crippen molar-refractivity contribution in [1.82, 2.24) is 24.0 Å². The van der Waals surface area contributed by atoms with Crippen molar-refractivity contribution in [2.75, 3.05) is 26.4 Å². The fourth-order valence-electron chi connectivity index (χ4n) is 2.85. The Morgan fingerprint density at radius 1 is 1.29 bits per heavy atom. The van der Waals surface area contributed by atoms with Crippen molar-refractivity contribution in [2.24, 2.45) is 0 Å². The maximum atomic E-state index is 13.0. The van der Waals surface area contributed by atoms with Crippen LogP contribution in [0.3, 0.4) is 0 Å². The van der Waals surface area contributed by atoms with Crippen LogP contribution in [0, 0.1) is 6.92 Å². The van der Waals surface area contributed by atoms with Gasteiger partial charge in [-0.1, -0.05) is 0 Å². The average molecular weight is 350 g/mol. The lowest BCUT2D eigenvalue weighted by atomic mass is 10.2. The lowest BCUT2D eigenvalue weighted by Crippen LogP contribution is -2.39. The van der Waals surface area contributed by atoms with Gasteiger partial charge >= 0.3 is 0 Å². The Bertz CT molecular complexity index is 859. The number of rotatable bonds is 4. The van der Waals surface area contributed by atoms with Crippen LogP contribution in [-0.4, -0.2) is 53.0 Å². The van der Waals surface area contributed by atoms with Crippen LogP contribution in [-0.2, 0) is 29.7 Å². The van der Waals surface area contributed by atoms with Crippen LogP contribution in [0.15, 0.2) is 23.4 Å². The van der Waals surface area contributed by atoms with Gasteiger partial charge in [0, 0.05) is 24.8 Å². The van der Waals surface area contributed by atoms with Crippen molar-refractivity contribution in [1.29, 1.82) is 0 Å². The molecular formula is C15H22N6O2S. The molecule has 0 amide bonds. The molecule has 0 unspecified atom stereocenters. The van der Waals surface area contributed by atoms with Crippen LogP contribution >= 0.6 is 0 Å². The van der Waals surface area contributed by atoms with E-state index in [2.05, 4.69) is 10.1 Å². The molecule has 1 aliphatic heterocycles. The Balaban J connectivity index is 1.94. The molecule has 0 saturated carbocycles. The van der Waals surface area contributed by atoms with Crippen molar-refractivity contribution in [3.63, 3.8) is 0 Å². The van der Waals surface area contributed by atoms with Crippen LogP contribution in [0.1, 0.15) is 16.8 Å². The van der Waals surface area contributed by atoms with Gasteiger partial charge in [0.15, 0.2) is 0 Å². The number of nitrogens with two attached hydrogens (primary N) is 1. The minimum Gasteiger partial charge on any atom is -0.383 e. The van der Waals surface area contributed by atoms with E-state index in [0.29, 0.717) is 19.6 Å². The Kier molecular flexibility index (Phi) is 4.33. The van der Waals surface area contributed by atoms with Gasteiger partial charge in [-0.05, 0) is 32.6 Å². The number of sulfonamides is 1. The standard InChI is InChI=1S/C15H22N6O2S/c1-11-6-14(15(16)17-7-11)24(22,23)20-4-5-21-13(10-20)12(8-18-21)9-19(2)3/h6-8H,4-5,9-10H2,1-3H3,(H2,16,17). The van der Waals surface area contributed by atoms with Crippen LogP contribution in [0.4, 0.5) is 5.82 Å². The van der Waals surface area contributed by atoms with E-state index in [-0.39, 0.29) is 10.7 Å². The van der Waals surface area contributed by atoms with E-state index in [1.165, 1.54) is 4.31 Å². The second kappa shape index (κ2) is 6.15. The summed E-state index contributed by atoms with van der Waals surface area (Å²) >= 11 is 0. The molecule has 24 heavy (non-hydrogen) atoms. The molecule has 0 radical (unpaired) electrons. The fraction of sp³-hybridized carbons (Fsp3) is 0.467. The molecule has 2 aromatic rings. The Morgan fingerprint density at radius 3 is 2.75 bits per heavy atom. The van der Waals surface area contributed by atoms with Gasteiger partial charge in [0.2, 0.25) is 10.0 Å². The monoisotopic (exact) mass is 350 g/mol. The first kappa shape index (κ1) is 16.9. The summed E-state index contributed by atoms with van der Waals surface area (Å²) in [7, 11) is 0.256. The minimum absolute atomic E-state index is 0.0354. The van der Waals surface area contributed by atoms with E-state index in [1.807, 2.05) is 29.9 Å². The summed E-state index contributed by atoms with van der Waals surface area (Å²) in [6.45, 7) is 3.70. The summed E-state index contributed by atoms with van der Waals surface area (Å²) in [6, 6.07) is 1.57. The van der Waals surface area contributed by atoms with Crippen LogP contribution in [0.5, 0.6) is 0 Å². The molecular weight excluding hydrogens is 328 g/mol. The third-order valence-corrected chi connectivity index (χ3v) is 5.92. The molecule has 0 fully saturated rings. The quantitative estimate of drug-likeness (QED) is 0.859. The van der Waals surface area contributed by atoms with E-state index < -0.39 is 10.0 Å². The van der Waals surface area contributed by atoms with E-state index in [1.54, 1.807) is 19.2 Å². The van der Waals surface area contributed by atoms with Gasteiger partial charge in [0.05, 0.1) is 25.0 Å². The normalized spacial score (nSPS) is 15.7. The lowest BCUT2D eigenvalue weighted by Gasteiger charge is -2.28. The van der Waals surface area contributed by atoms with Crippen molar-refractivity contribution >= 4 is 15.8 Å². The molecule has 1 aliphatic rings. The maximum Gasteiger partial charge on any atom is 0.247 e. The van der Waals surface area contributed by atoms with E-state index in [0.717, 1.165) is 23.4 Å². The number of aromatic nitrogens is 3. The van der Waals surface area contributed by atoms with Crippen LogP contribution < -0.4 is 5.73 Å². The number of fused-ring (bicyclic) bond motifs is 1. The molecule has 0 atom stereocenters. The minimum atomic E-state index is -3.69. The first-order valence-corrected chi connectivity index (χ1v) is 9.13. The smallest absolute Gasteiger partial charge is 0.247 e. The molecule has 8 nitrogen and oxygen atoms in total. The number of anilines is 1. The first-order valence-electron chi connectivity index (χ1n) is 7.69. The highest BCUT2D eigenvalue weighted by Gasteiger charge is 2.32. The van der Waals surface area contributed by atoms with Gasteiger partial charge in [0.1, 0.15) is 10.7 Å². The molecule has 130 valence electrons. The summed E-state index contributed by atoms with van der Waals surface area (Å²) in [5.41, 5.74) is 8.54. The highest BCUT2D eigenvalue weighted by Crippen LogP contribution is 2.26. The zero-order valence-corrected chi connectivity index (χ0v) is 14.9. The zero-order chi connectivity index (χ0) is 17.5. The zero-order valence-electron chi connectivity index (χ0n) is 14.1. The maximum absolute atomic E-state index is 13.0. The number of hydrogen-bond donors (Lipinski definition) is 1. The summed E-state index contributed by atoms with van der Waals surface area (Å²) in [5, 5.41) is 4.36. The molecule has 0 aromatic carbocycles. The average Bonchev–Trinajstić information content (AvgIpc) is 2.91. The van der Waals surface area contributed by atoms with Crippen LogP contribution in [0.25, 0.3) is 0 Å². The molecule has 0 bridgehead atoms. The number of aryl methyl sites for hydroxylation is 1. The van der Waals surface area contributed by atoms with Crippen molar-refractivity contribution in [3.05, 3.63) is 35.3 Å². The molecule has 3 rings (SSSR count). The molecule has 2 aromatic heterocycles. The highest BCUT2D eigenvalue weighted by atomic mass is 32.2. The third kappa shape index (κ3) is 3.02. The number of hydrogen-bond acceptors (Lipinski definition) is 6. The van der Waals surface area contributed by atoms with E-state index >= 15 is 0 Å². The predicted octanol–water partition coefficient (Wildman–Crippen LogP) is 0.435. The SMILES string of the molecule is Cc1cnc(N)c(S(=O)(=O)N2CCn3ncc(CN(C)C)c3C2)c1. The van der Waals surface area contributed by atoms with Gasteiger partial charge in [-0.15, -0.1) is 0 Å². The first-order chi connectivity index (χ1) is 11.3.